The lowest BCUT2D eigenvalue weighted by molar-refractivity contribution is -0.121. The Balaban J connectivity index is 1.85. The number of thioether (sulfide) groups is 1. The Morgan fingerprint density at radius 3 is 2.80 bits per heavy atom. The number of carbonyl (C=O) groups is 1. The number of rotatable bonds is 5. The van der Waals surface area contributed by atoms with Crippen molar-refractivity contribution in [3.63, 3.8) is 0 Å². The van der Waals surface area contributed by atoms with Crippen LogP contribution in [0, 0.1) is 0 Å². The van der Waals surface area contributed by atoms with E-state index in [1.165, 1.54) is 37.4 Å². The molecule has 0 bridgehead atoms. The van der Waals surface area contributed by atoms with E-state index in [4.69, 9.17) is 0 Å². The first kappa shape index (κ1) is 15.4. The summed E-state index contributed by atoms with van der Waals surface area (Å²) in [5.74, 6) is 0.118. The molecule has 1 aromatic heterocycles. The van der Waals surface area contributed by atoms with Crippen molar-refractivity contribution in [2.45, 2.75) is 75.4 Å². The first-order chi connectivity index (χ1) is 9.70. The molecule has 20 heavy (non-hydrogen) atoms. The van der Waals surface area contributed by atoms with Crippen molar-refractivity contribution in [3.8, 4) is 0 Å². The van der Waals surface area contributed by atoms with Gasteiger partial charge in [0, 0.05) is 12.6 Å². The van der Waals surface area contributed by atoms with Gasteiger partial charge in [-0.15, -0.1) is 10.2 Å². The van der Waals surface area contributed by atoms with E-state index in [2.05, 4.69) is 15.5 Å². The fraction of sp³-hybridized carbons (Fsp3) is 0.786. The Morgan fingerprint density at radius 2 is 2.15 bits per heavy atom. The first-order valence-corrected chi connectivity index (χ1v) is 8.43. The van der Waals surface area contributed by atoms with Crippen LogP contribution in [-0.2, 0) is 11.3 Å². The zero-order chi connectivity index (χ0) is 14.4. The van der Waals surface area contributed by atoms with Crippen LogP contribution >= 0.6 is 11.8 Å². The molecule has 0 radical (unpaired) electrons. The zero-order valence-corrected chi connectivity index (χ0v) is 13.2. The van der Waals surface area contributed by atoms with Crippen LogP contribution in [0.1, 0.15) is 52.4 Å². The highest BCUT2D eigenvalue weighted by molar-refractivity contribution is 8.00. The highest BCUT2D eigenvalue weighted by Gasteiger charge is 2.21. The van der Waals surface area contributed by atoms with E-state index < -0.39 is 0 Å². The molecule has 1 amide bonds. The summed E-state index contributed by atoms with van der Waals surface area (Å²) in [7, 11) is 0. The number of hydrogen-bond donors (Lipinski definition) is 1. The summed E-state index contributed by atoms with van der Waals surface area (Å²) in [6, 6.07) is 0.358. The van der Waals surface area contributed by atoms with Crippen molar-refractivity contribution in [2.75, 3.05) is 0 Å². The molecule has 1 heterocycles. The predicted molar refractivity (Wildman–Crippen MR) is 80.6 cm³/mol. The monoisotopic (exact) mass is 296 g/mol. The Labute approximate surface area is 124 Å². The second-order valence-electron chi connectivity index (χ2n) is 5.36. The highest BCUT2D eigenvalue weighted by atomic mass is 32.2. The number of aromatic nitrogens is 3. The quantitative estimate of drug-likeness (QED) is 0.670. The smallest absolute Gasteiger partial charge is 0.233 e. The van der Waals surface area contributed by atoms with Gasteiger partial charge < -0.3 is 9.88 Å². The minimum Gasteiger partial charge on any atom is -0.352 e. The fourth-order valence-electron chi connectivity index (χ4n) is 2.51. The van der Waals surface area contributed by atoms with Crippen LogP contribution in [0.4, 0.5) is 0 Å². The van der Waals surface area contributed by atoms with Crippen LogP contribution in [0.2, 0.25) is 0 Å². The lowest BCUT2D eigenvalue weighted by atomic mass is 10.1. The molecule has 0 unspecified atom stereocenters. The van der Waals surface area contributed by atoms with Gasteiger partial charge in [-0.2, -0.15) is 0 Å². The number of nitrogens with one attached hydrogen (secondary N) is 1. The zero-order valence-electron chi connectivity index (χ0n) is 12.3. The maximum absolute atomic E-state index is 12.3. The maximum Gasteiger partial charge on any atom is 0.233 e. The Hall–Kier alpha value is -1.04. The molecular weight excluding hydrogens is 272 g/mol. The van der Waals surface area contributed by atoms with E-state index in [0.29, 0.717) is 6.04 Å². The number of nitrogens with zero attached hydrogens (tertiary/aromatic N) is 3. The molecule has 1 aromatic rings. The third-order valence-electron chi connectivity index (χ3n) is 3.77. The van der Waals surface area contributed by atoms with Crippen LogP contribution < -0.4 is 5.32 Å². The van der Waals surface area contributed by atoms with Crippen LogP contribution in [-0.4, -0.2) is 32.0 Å². The van der Waals surface area contributed by atoms with Gasteiger partial charge in [0.1, 0.15) is 6.33 Å². The van der Waals surface area contributed by atoms with Crippen molar-refractivity contribution in [3.05, 3.63) is 6.33 Å². The van der Waals surface area contributed by atoms with Gasteiger partial charge in [-0.05, 0) is 26.7 Å². The summed E-state index contributed by atoms with van der Waals surface area (Å²) in [4.78, 5) is 12.3. The SMILES string of the molecule is CCn1cnnc1S[C@H](C)C(=O)NC1CCCCCC1. The van der Waals surface area contributed by atoms with Crippen molar-refractivity contribution < 1.29 is 4.79 Å². The summed E-state index contributed by atoms with van der Waals surface area (Å²) < 4.78 is 1.96. The molecule has 1 saturated carbocycles. The molecule has 1 fully saturated rings. The summed E-state index contributed by atoms with van der Waals surface area (Å²) in [6.07, 6.45) is 9.01. The molecule has 1 aliphatic carbocycles. The van der Waals surface area contributed by atoms with Gasteiger partial charge in [-0.3, -0.25) is 4.79 Å². The number of hydrogen-bond acceptors (Lipinski definition) is 4. The van der Waals surface area contributed by atoms with E-state index in [1.807, 2.05) is 18.4 Å². The second kappa shape index (κ2) is 7.67. The molecule has 0 aromatic carbocycles. The predicted octanol–water partition coefficient (Wildman–Crippen LogP) is 2.62. The number of amides is 1. The van der Waals surface area contributed by atoms with Gasteiger partial charge in [0.05, 0.1) is 5.25 Å². The van der Waals surface area contributed by atoms with Gasteiger partial charge in [0.15, 0.2) is 5.16 Å². The second-order valence-corrected chi connectivity index (χ2v) is 6.66. The van der Waals surface area contributed by atoms with Crippen molar-refractivity contribution in [2.24, 2.45) is 0 Å². The Morgan fingerprint density at radius 1 is 1.45 bits per heavy atom. The molecular formula is C14H24N4OS. The maximum atomic E-state index is 12.3. The van der Waals surface area contributed by atoms with Gasteiger partial charge in [0.25, 0.3) is 0 Å². The Bertz CT molecular complexity index is 427. The number of carbonyl (C=O) groups excluding carboxylic acids is 1. The van der Waals surface area contributed by atoms with E-state index >= 15 is 0 Å². The molecule has 0 saturated heterocycles. The largest absolute Gasteiger partial charge is 0.352 e. The molecule has 0 spiro atoms. The summed E-state index contributed by atoms with van der Waals surface area (Å²) in [5, 5.41) is 11.8. The van der Waals surface area contributed by atoms with E-state index in [-0.39, 0.29) is 11.2 Å². The normalized spacial score (nSPS) is 18.5. The topological polar surface area (TPSA) is 59.8 Å². The molecule has 112 valence electrons. The van der Waals surface area contributed by atoms with Gasteiger partial charge >= 0.3 is 0 Å². The molecule has 2 rings (SSSR count). The third-order valence-corrected chi connectivity index (χ3v) is 4.87. The molecule has 1 aliphatic rings. The highest BCUT2D eigenvalue weighted by Crippen LogP contribution is 2.22. The van der Waals surface area contributed by atoms with E-state index in [0.717, 1.165) is 24.5 Å². The first-order valence-electron chi connectivity index (χ1n) is 7.55. The van der Waals surface area contributed by atoms with E-state index in [9.17, 15) is 4.79 Å². The molecule has 5 nitrogen and oxygen atoms in total. The summed E-state index contributed by atoms with van der Waals surface area (Å²) >= 11 is 1.48. The van der Waals surface area contributed by atoms with Crippen molar-refractivity contribution in [1.82, 2.24) is 20.1 Å². The van der Waals surface area contributed by atoms with Gasteiger partial charge in [-0.1, -0.05) is 37.4 Å². The average Bonchev–Trinajstić information content (AvgIpc) is 2.73. The average molecular weight is 296 g/mol. The van der Waals surface area contributed by atoms with E-state index in [1.54, 1.807) is 6.33 Å². The van der Waals surface area contributed by atoms with Gasteiger partial charge in [0.2, 0.25) is 5.91 Å². The Kier molecular flexibility index (Phi) is 5.88. The molecule has 6 heteroatoms. The summed E-state index contributed by atoms with van der Waals surface area (Å²) in [5.41, 5.74) is 0. The third kappa shape index (κ3) is 4.23. The van der Waals surface area contributed by atoms with Crippen molar-refractivity contribution in [1.29, 1.82) is 0 Å². The number of aryl methyl sites for hydroxylation is 1. The molecule has 1 atom stereocenters. The minimum absolute atomic E-state index is 0.118. The lowest BCUT2D eigenvalue weighted by Gasteiger charge is -2.19. The molecule has 1 N–H and O–H groups in total. The van der Waals surface area contributed by atoms with Crippen LogP contribution in [0.25, 0.3) is 0 Å². The fourth-order valence-corrected chi connectivity index (χ4v) is 3.40. The van der Waals surface area contributed by atoms with Crippen molar-refractivity contribution >= 4 is 17.7 Å². The van der Waals surface area contributed by atoms with Crippen LogP contribution in [0.15, 0.2) is 11.5 Å². The summed E-state index contributed by atoms with van der Waals surface area (Å²) in [6.45, 7) is 4.81. The van der Waals surface area contributed by atoms with Gasteiger partial charge in [-0.25, -0.2) is 0 Å². The molecule has 0 aliphatic heterocycles. The lowest BCUT2D eigenvalue weighted by Crippen LogP contribution is -2.39. The minimum atomic E-state index is -0.132. The van der Waals surface area contributed by atoms with Crippen LogP contribution in [0.5, 0.6) is 0 Å². The van der Waals surface area contributed by atoms with Crippen LogP contribution in [0.3, 0.4) is 0 Å². The standard InChI is InChI=1S/C14H24N4OS/c1-3-18-10-15-17-14(18)20-11(2)13(19)16-12-8-6-4-5-7-9-12/h10-12H,3-9H2,1-2H3,(H,16,19)/t11-/m1/s1.